The standard InChI is InChI=1S/C12H20/c1-4-10(2)11(3)12-8-6-5-7-9-12/h4,12H,1,5-9H2,2-3H3/b11-10+. The van der Waals surface area contributed by atoms with Gasteiger partial charge in [0.05, 0.1) is 0 Å². The molecule has 0 radical (unpaired) electrons. The Kier molecular flexibility index (Phi) is 3.58. The van der Waals surface area contributed by atoms with Crippen LogP contribution in [0.4, 0.5) is 0 Å². The summed E-state index contributed by atoms with van der Waals surface area (Å²) in [4.78, 5) is 0. The van der Waals surface area contributed by atoms with E-state index in [4.69, 9.17) is 0 Å². The zero-order chi connectivity index (χ0) is 8.97. The quantitative estimate of drug-likeness (QED) is 0.539. The van der Waals surface area contributed by atoms with E-state index in [1.54, 1.807) is 5.57 Å². The van der Waals surface area contributed by atoms with Crippen molar-refractivity contribution in [1.82, 2.24) is 0 Å². The Morgan fingerprint density at radius 1 is 1.17 bits per heavy atom. The first kappa shape index (κ1) is 9.57. The monoisotopic (exact) mass is 164 g/mol. The maximum absolute atomic E-state index is 3.82. The van der Waals surface area contributed by atoms with Crippen LogP contribution in [-0.2, 0) is 0 Å². The van der Waals surface area contributed by atoms with Gasteiger partial charge in [0.2, 0.25) is 0 Å². The molecule has 0 aromatic heterocycles. The highest BCUT2D eigenvalue weighted by Crippen LogP contribution is 2.30. The number of rotatable bonds is 2. The fraction of sp³-hybridized carbons (Fsp3) is 0.667. The van der Waals surface area contributed by atoms with Crippen LogP contribution in [0, 0.1) is 5.92 Å². The van der Waals surface area contributed by atoms with Crippen LogP contribution >= 0.6 is 0 Å². The predicted octanol–water partition coefficient (Wildman–Crippen LogP) is 4.09. The van der Waals surface area contributed by atoms with Gasteiger partial charge in [-0.2, -0.15) is 0 Å². The van der Waals surface area contributed by atoms with Crippen molar-refractivity contribution in [2.75, 3.05) is 0 Å². The largest absolute Gasteiger partial charge is 0.0988 e. The number of hydrogen-bond acceptors (Lipinski definition) is 0. The first-order chi connectivity index (χ1) is 5.75. The van der Waals surface area contributed by atoms with Crippen LogP contribution in [0.25, 0.3) is 0 Å². The number of allylic oxidation sites excluding steroid dienone is 3. The van der Waals surface area contributed by atoms with E-state index in [9.17, 15) is 0 Å². The zero-order valence-corrected chi connectivity index (χ0v) is 8.40. The first-order valence-electron chi connectivity index (χ1n) is 5.05. The molecule has 0 heteroatoms. The van der Waals surface area contributed by atoms with Crippen LogP contribution in [0.5, 0.6) is 0 Å². The van der Waals surface area contributed by atoms with Gasteiger partial charge in [-0.25, -0.2) is 0 Å². The Hall–Kier alpha value is -0.520. The van der Waals surface area contributed by atoms with E-state index in [-0.39, 0.29) is 0 Å². The molecule has 0 bridgehead atoms. The molecule has 0 heterocycles. The molecule has 1 aliphatic rings. The van der Waals surface area contributed by atoms with Gasteiger partial charge in [-0.05, 0) is 32.6 Å². The maximum atomic E-state index is 3.82. The Labute approximate surface area is 76.4 Å². The van der Waals surface area contributed by atoms with Crippen LogP contribution in [-0.4, -0.2) is 0 Å². The van der Waals surface area contributed by atoms with Crippen LogP contribution in [0.15, 0.2) is 23.8 Å². The molecule has 0 amide bonds. The molecule has 0 unspecified atom stereocenters. The van der Waals surface area contributed by atoms with Crippen molar-refractivity contribution in [3.05, 3.63) is 23.8 Å². The van der Waals surface area contributed by atoms with Gasteiger partial charge in [0, 0.05) is 0 Å². The molecule has 0 atom stereocenters. The molecule has 12 heavy (non-hydrogen) atoms. The van der Waals surface area contributed by atoms with Gasteiger partial charge >= 0.3 is 0 Å². The molecule has 0 aliphatic heterocycles. The SMILES string of the molecule is C=C/C(C)=C(\C)C1CCCCC1. The third-order valence-electron chi connectivity index (χ3n) is 3.15. The Balaban J connectivity index is 2.61. The van der Waals surface area contributed by atoms with Crippen molar-refractivity contribution in [2.45, 2.75) is 46.0 Å². The van der Waals surface area contributed by atoms with Crippen molar-refractivity contribution in [2.24, 2.45) is 5.92 Å². The maximum Gasteiger partial charge on any atom is -0.0200 e. The van der Waals surface area contributed by atoms with Gasteiger partial charge < -0.3 is 0 Å². The summed E-state index contributed by atoms with van der Waals surface area (Å²) < 4.78 is 0. The van der Waals surface area contributed by atoms with Gasteiger partial charge in [-0.1, -0.05) is 43.1 Å². The summed E-state index contributed by atoms with van der Waals surface area (Å²) >= 11 is 0. The molecule has 1 fully saturated rings. The van der Waals surface area contributed by atoms with Crippen molar-refractivity contribution in [3.63, 3.8) is 0 Å². The molecule has 1 rings (SSSR count). The molecule has 0 nitrogen and oxygen atoms in total. The fourth-order valence-corrected chi connectivity index (χ4v) is 2.02. The minimum atomic E-state index is 0.858. The summed E-state index contributed by atoms with van der Waals surface area (Å²) in [5, 5.41) is 0. The summed E-state index contributed by atoms with van der Waals surface area (Å²) in [5.41, 5.74) is 2.96. The van der Waals surface area contributed by atoms with E-state index < -0.39 is 0 Å². The van der Waals surface area contributed by atoms with Crippen molar-refractivity contribution in [3.8, 4) is 0 Å². The topological polar surface area (TPSA) is 0 Å². The van der Waals surface area contributed by atoms with E-state index in [2.05, 4.69) is 20.4 Å². The third kappa shape index (κ3) is 2.23. The molecule has 68 valence electrons. The van der Waals surface area contributed by atoms with Crippen molar-refractivity contribution >= 4 is 0 Å². The van der Waals surface area contributed by atoms with E-state index in [1.807, 2.05) is 6.08 Å². The lowest BCUT2D eigenvalue weighted by atomic mass is 9.83. The minimum Gasteiger partial charge on any atom is -0.0988 e. The van der Waals surface area contributed by atoms with Gasteiger partial charge in [-0.3, -0.25) is 0 Å². The van der Waals surface area contributed by atoms with Crippen LogP contribution in [0.3, 0.4) is 0 Å². The van der Waals surface area contributed by atoms with Gasteiger partial charge in [0.15, 0.2) is 0 Å². The average molecular weight is 164 g/mol. The van der Waals surface area contributed by atoms with Crippen molar-refractivity contribution in [1.29, 1.82) is 0 Å². The Bertz CT molecular complexity index is 180. The summed E-state index contributed by atoms with van der Waals surface area (Å²) in [7, 11) is 0. The van der Waals surface area contributed by atoms with Gasteiger partial charge in [-0.15, -0.1) is 0 Å². The smallest absolute Gasteiger partial charge is 0.0200 e. The summed E-state index contributed by atoms with van der Waals surface area (Å²) in [6.45, 7) is 8.27. The third-order valence-corrected chi connectivity index (χ3v) is 3.15. The zero-order valence-electron chi connectivity index (χ0n) is 8.40. The van der Waals surface area contributed by atoms with E-state index in [0.29, 0.717) is 0 Å². The second-order valence-electron chi connectivity index (χ2n) is 3.91. The summed E-state index contributed by atoms with van der Waals surface area (Å²) in [6.07, 6.45) is 9.08. The van der Waals surface area contributed by atoms with Crippen molar-refractivity contribution < 1.29 is 0 Å². The second-order valence-corrected chi connectivity index (χ2v) is 3.91. The lowest BCUT2D eigenvalue weighted by molar-refractivity contribution is 0.401. The van der Waals surface area contributed by atoms with Gasteiger partial charge in [0.1, 0.15) is 0 Å². The van der Waals surface area contributed by atoms with E-state index in [0.717, 1.165) is 5.92 Å². The molecular weight excluding hydrogens is 144 g/mol. The molecule has 0 spiro atoms. The Morgan fingerprint density at radius 2 is 1.75 bits per heavy atom. The van der Waals surface area contributed by atoms with E-state index in [1.165, 1.54) is 37.7 Å². The lowest BCUT2D eigenvalue weighted by Crippen LogP contribution is -2.08. The molecule has 0 saturated heterocycles. The minimum absolute atomic E-state index is 0.858. The van der Waals surface area contributed by atoms with Crippen LogP contribution in [0.2, 0.25) is 0 Å². The second kappa shape index (κ2) is 4.49. The summed E-state index contributed by atoms with van der Waals surface area (Å²) in [6, 6.07) is 0. The highest BCUT2D eigenvalue weighted by atomic mass is 14.2. The molecule has 0 N–H and O–H groups in total. The molecule has 0 aromatic rings. The van der Waals surface area contributed by atoms with Crippen LogP contribution < -0.4 is 0 Å². The average Bonchev–Trinajstić information content (AvgIpc) is 2.17. The van der Waals surface area contributed by atoms with Crippen LogP contribution in [0.1, 0.15) is 46.0 Å². The summed E-state index contributed by atoms with van der Waals surface area (Å²) in [5.74, 6) is 0.858. The fourth-order valence-electron chi connectivity index (χ4n) is 2.02. The number of hydrogen-bond donors (Lipinski definition) is 0. The molecular formula is C12H20. The Morgan fingerprint density at radius 3 is 2.25 bits per heavy atom. The molecule has 1 saturated carbocycles. The molecule has 0 aromatic carbocycles. The van der Waals surface area contributed by atoms with Gasteiger partial charge in [0.25, 0.3) is 0 Å². The van der Waals surface area contributed by atoms with E-state index >= 15 is 0 Å². The highest BCUT2D eigenvalue weighted by molar-refractivity contribution is 5.22. The predicted molar refractivity (Wildman–Crippen MR) is 55.1 cm³/mol. The first-order valence-corrected chi connectivity index (χ1v) is 5.05. The normalized spacial score (nSPS) is 21.8. The molecule has 1 aliphatic carbocycles. The highest BCUT2D eigenvalue weighted by Gasteiger charge is 2.15. The lowest BCUT2D eigenvalue weighted by Gasteiger charge is -2.23.